The van der Waals surface area contributed by atoms with Crippen LogP contribution in [-0.4, -0.2) is 43.9 Å². The van der Waals surface area contributed by atoms with Crippen LogP contribution in [0.3, 0.4) is 0 Å². The number of urea groups is 1. The monoisotopic (exact) mass is 176 g/mol. The van der Waals surface area contributed by atoms with Gasteiger partial charge in [0.2, 0.25) is 0 Å². The summed E-state index contributed by atoms with van der Waals surface area (Å²) in [6.45, 7) is -0.0501. The second kappa shape index (κ2) is 5.36. The third-order valence-electron chi connectivity index (χ3n) is 1.24. The summed E-state index contributed by atoms with van der Waals surface area (Å²) in [6.07, 6.45) is -0.998. The normalized spacial score (nSPS) is 11.8. The van der Waals surface area contributed by atoms with Gasteiger partial charge in [0.05, 0.1) is 6.54 Å². The predicted octanol–water partition coefficient (Wildman–Crippen LogP) is -0.985. The molecule has 6 heteroatoms. The fourth-order valence-corrected chi connectivity index (χ4v) is 0.545. The second-order valence-corrected chi connectivity index (χ2v) is 2.02. The fourth-order valence-electron chi connectivity index (χ4n) is 0.545. The van der Waals surface area contributed by atoms with Crippen molar-refractivity contribution >= 4 is 12.0 Å². The van der Waals surface area contributed by atoms with Crippen LogP contribution in [-0.2, 0) is 9.53 Å². The van der Waals surface area contributed by atoms with Crippen molar-refractivity contribution in [2.24, 2.45) is 0 Å². The molecule has 0 aromatic rings. The zero-order valence-corrected chi connectivity index (χ0v) is 6.96. The minimum Gasteiger partial charge on any atom is -0.479 e. The molecule has 0 bridgehead atoms. The first-order valence-corrected chi connectivity index (χ1v) is 3.33. The van der Waals surface area contributed by atoms with E-state index in [4.69, 9.17) is 5.11 Å². The number of hydrogen-bond donors (Lipinski definition) is 3. The number of aliphatic carboxylic acids is 1. The third kappa shape index (κ3) is 3.77. The Hall–Kier alpha value is -1.30. The Balaban J connectivity index is 3.73. The van der Waals surface area contributed by atoms with Gasteiger partial charge in [-0.15, -0.1) is 0 Å². The molecule has 0 aliphatic carbocycles. The molecule has 0 aliphatic heterocycles. The number of carbonyl (C=O) groups is 2. The number of ether oxygens (including phenoxy) is 1. The van der Waals surface area contributed by atoms with E-state index in [1.165, 1.54) is 14.2 Å². The van der Waals surface area contributed by atoms with Gasteiger partial charge in [-0.05, 0) is 0 Å². The van der Waals surface area contributed by atoms with E-state index in [1.54, 1.807) is 0 Å². The first-order chi connectivity index (χ1) is 5.61. The Bertz CT molecular complexity index is 171. The van der Waals surface area contributed by atoms with Crippen molar-refractivity contribution in [3.63, 3.8) is 0 Å². The molecule has 0 radical (unpaired) electrons. The van der Waals surface area contributed by atoms with E-state index in [-0.39, 0.29) is 6.54 Å². The van der Waals surface area contributed by atoms with Crippen LogP contribution in [0.15, 0.2) is 0 Å². The minimum atomic E-state index is -1.10. The van der Waals surface area contributed by atoms with Crippen molar-refractivity contribution < 1.29 is 19.4 Å². The molecule has 12 heavy (non-hydrogen) atoms. The first kappa shape index (κ1) is 10.7. The summed E-state index contributed by atoms with van der Waals surface area (Å²) in [7, 11) is 2.71. The Kier molecular flexibility index (Phi) is 4.78. The topological polar surface area (TPSA) is 87.7 Å². The number of hydrogen-bond acceptors (Lipinski definition) is 3. The van der Waals surface area contributed by atoms with Crippen molar-refractivity contribution in [2.45, 2.75) is 6.10 Å². The maximum atomic E-state index is 10.6. The summed E-state index contributed by atoms with van der Waals surface area (Å²) in [5, 5.41) is 13.1. The van der Waals surface area contributed by atoms with Crippen LogP contribution in [0.25, 0.3) is 0 Å². The summed E-state index contributed by atoms with van der Waals surface area (Å²) >= 11 is 0. The lowest BCUT2D eigenvalue weighted by molar-refractivity contribution is -0.147. The maximum Gasteiger partial charge on any atom is 0.334 e. The predicted molar refractivity (Wildman–Crippen MR) is 40.9 cm³/mol. The molecule has 0 aliphatic rings. The number of amides is 2. The molecular weight excluding hydrogens is 164 g/mol. The van der Waals surface area contributed by atoms with E-state index < -0.39 is 18.1 Å². The van der Waals surface area contributed by atoms with E-state index in [9.17, 15) is 9.59 Å². The highest BCUT2D eigenvalue weighted by Crippen LogP contribution is 1.86. The Morgan fingerprint density at radius 3 is 2.50 bits per heavy atom. The van der Waals surface area contributed by atoms with Crippen molar-refractivity contribution in [3.8, 4) is 0 Å². The number of nitrogens with one attached hydrogen (secondary N) is 2. The molecule has 70 valence electrons. The van der Waals surface area contributed by atoms with Crippen LogP contribution in [0, 0.1) is 0 Å². The molecule has 0 spiro atoms. The van der Waals surface area contributed by atoms with Crippen molar-refractivity contribution in [1.29, 1.82) is 0 Å². The lowest BCUT2D eigenvalue weighted by Gasteiger charge is -2.10. The molecule has 0 fully saturated rings. The van der Waals surface area contributed by atoms with Crippen LogP contribution in [0.2, 0.25) is 0 Å². The molecule has 0 rings (SSSR count). The Labute approximate surface area is 69.9 Å². The van der Waals surface area contributed by atoms with Gasteiger partial charge in [0.15, 0.2) is 6.10 Å². The highest BCUT2D eigenvalue weighted by molar-refractivity contribution is 5.76. The third-order valence-corrected chi connectivity index (χ3v) is 1.24. The van der Waals surface area contributed by atoms with E-state index in [0.29, 0.717) is 0 Å². The maximum absolute atomic E-state index is 10.6. The average Bonchev–Trinajstić information content (AvgIpc) is 2.04. The van der Waals surface area contributed by atoms with Gasteiger partial charge in [-0.3, -0.25) is 0 Å². The van der Waals surface area contributed by atoms with Crippen LogP contribution in [0.1, 0.15) is 0 Å². The highest BCUT2D eigenvalue weighted by Gasteiger charge is 2.16. The lowest BCUT2D eigenvalue weighted by Crippen LogP contribution is -2.41. The number of carbonyl (C=O) groups excluding carboxylic acids is 1. The van der Waals surface area contributed by atoms with Crippen LogP contribution in [0.4, 0.5) is 4.79 Å². The Morgan fingerprint density at radius 2 is 2.17 bits per heavy atom. The molecule has 0 aromatic carbocycles. The first-order valence-electron chi connectivity index (χ1n) is 3.33. The van der Waals surface area contributed by atoms with E-state index in [2.05, 4.69) is 15.4 Å². The van der Waals surface area contributed by atoms with Gasteiger partial charge in [-0.2, -0.15) is 0 Å². The molecule has 0 saturated heterocycles. The fraction of sp³-hybridized carbons (Fsp3) is 0.667. The zero-order chi connectivity index (χ0) is 9.56. The second-order valence-electron chi connectivity index (χ2n) is 2.02. The highest BCUT2D eigenvalue weighted by atomic mass is 16.5. The lowest BCUT2D eigenvalue weighted by atomic mass is 10.3. The zero-order valence-electron chi connectivity index (χ0n) is 6.96. The quantitative estimate of drug-likeness (QED) is 0.513. The molecule has 0 heterocycles. The van der Waals surface area contributed by atoms with Crippen molar-refractivity contribution in [2.75, 3.05) is 20.7 Å². The molecule has 0 saturated carbocycles. The van der Waals surface area contributed by atoms with E-state index >= 15 is 0 Å². The molecule has 1 atom stereocenters. The minimum absolute atomic E-state index is 0.0501. The summed E-state index contributed by atoms with van der Waals surface area (Å²) in [6, 6.07) is -0.432. The van der Waals surface area contributed by atoms with Gasteiger partial charge in [-0.1, -0.05) is 0 Å². The number of carboxylic acid groups (broad SMARTS) is 1. The number of methoxy groups -OCH3 is 1. The molecule has 3 N–H and O–H groups in total. The van der Waals surface area contributed by atoms with Crippen LogP contribution < -0.4 is 10.6 Å². The Morgan fingerprint density at radius 1 is 1.58 bits per heavy atom. The SMILES string of the molecule is CNC(=O)NCC(OC)C(=O)O. The number of rotatable bonds is 4. The number of carboxylic acids is 1. The molecular formula is C6H12N2O4. The molecule has 0 aromatic heterocycles. The van der Waals surface area contributed by atoms with E-state index in [1.807, 2.05) is 0 Å². The molecule has 1 unspecified atom stereocenters. The van der Waals surface area contributed by atoms with Gasteiger partial charge >= 0.3 is 12.0 Å². The molecule has 2 amide bonds. The summed E-state index contributed by atoms with van der Waals surface area (Å²) in [4.78, 5) is 20.9. The summed E-state index contributed by atoms with van der Waals surface area (Å²) in [5.41, 5.74) is 0. The standard InChI is InChI=1S/C6H12N2O4/c1-7-6(11)8-3-4(12-2)5(9)10/h4H,3H2,1-2H3,(H,9,10)(H2,7,8,11). The largest absolute Gasteiger partial charge is 0.479 e. The van der Waals surface area contributed by atoms with Gasteiger partial charge < -0.3 is 20.5 Å². The van der Waals surface area contributed by atoms with Crippen LogP contribution in [0.5, 0.6) is 0 Å². The smallest absolute Gasteiger partial charge is 0.334 e. The van der Waals surface area contributed by atoms with Crippen molar-refractivity contribution in [1.82, 2.24) is 10.6 Å². The average molecular weight is 176 g/mol. The summed E-state index contributed by atoms with van der Waals surface area (Å²) < 4.78 is 4.56. The van der Waals surface area contributed by atoms with Gasteiger partial charge in [0.25, 0.3) is 0 Å². The van der Waals surface area contributed by atoms with E-state index in [0.717, 1.165) is 0 Å². The summed E-state index contributed by atoms with van der Waals surface area (Å²) in [5.74, 6) is -1.10. The van der Waals surface area contributed by atoms with Gasteiger partial charge in [-0.25, -0.2) is 9.59 Å². The van der Waals surface area contributed by atoms with Gasteiger partial charge in [0.1, 0.15) is 0 Å². The van der Waals surface area contributed by atoms with Gasteiger partial charge in [0, 0.05) is 14.2 Å². The van der Waals surface area contributed by atoms with Crippen molar-refractivity contribution in [3.05, 3.63) is 0 Å². The van der Waals surface area contributed by atoms with Crippen LogP contribution >= 0.6 is 0 Å². The molecule has 6 nitrogen and oxygen atoms in total.